The first-order chi connectivity index (χ1) is 12.0. The lowest BCUT2D eigenvalue weighted by molar-refractivity contribution is -0.134. The van der Waals surface area contributed by atoms with Gasteiger partial charge in [-0.25, -0.2) is 0 Å². The van der Waals surface area contributed by atoms with Gasteiger partial charge in [0.1, 0.15) is 12.3 Å². The number of aliphatic hydroxyl groups excluding tert-OH is 1. The summed E-state index contributed by atoms with van der Waals surface area (Å²) in [7, 11) is 0. The summed E-state index contributed by atoms with van der Waals surface area (Å²) in [5.41, 5.74) is 0.646. The van der Waals surface area contributed by atoms with Gasteiger partial charge in [-0.2, -0.15) is 0 Å². The first kappa shape index (κ1) is 17.7. The highest BCUT2D eigenvalue weighted by molar-refractivity contribution is 6.02. The Morgan fingerprint density at radius 3 is 2.84 bits per heavy atom. The van der Waals surface area contributed by atoms with Crippen molar-refractivity contribution in [2.24, 2.45) is 0 Å². The van der Waals surface area contributed by atoms with Gasteiger partial charge in [0.2, 0.25) is 5.91 Å². The second kappa shape index (κ2) is 7.41. The van der Waals surface area contributed by atoms with E-state index in [0.717, 1.165) is 6.54 Å². The van der Waals surface area contributed by atoms with Crippen LogP contribution in [0.15, 0.2) is 24.3 Å². The Bertz CT molecular complexity index is 649. The number of aliphatic hydroxyl groups is 1. The fourth-order valence-electron chi connectivity index (χ4n) is 3.39. The molecule has 0 spiro atoms. The number of para-hydroxylation sites is 2. The van der Waals surface area contributed by atoms with E-state index in [4.69, 9.17) is 4.74 Å². The van der Waals surface area contributed by atoms with E-state index in [-0.39, 0.29) is 37.1 Å². The predicted molar refractivity (Wildman–Crippen MR) is 93.6 cm³/mol. The Morgan fingerprint density at radius 2 is 2.12 bits per heavy atom. The maximum atomic E-state index is 12.7. The fraction of sp³-hybridized carbons (Fsp3) is 0.556. The average molecular weight is 347 g/mol. The van der Waals surface area contributed by atoms with Gasteiger partial charge in [-0.15, -0.1) is 0 Å². The smallest absolute Gasteiger partial charge is 0.265 e. The van der Waals surface area contributed by atoms with Gasteiger partial charge in [-0.3, -0.25) is 19.4 Å². The molecule has 25 heavy (non-hydrogen) atoms. The Balaban J connectivity index is 1.64. The number of anilines is 1. The molecule has 0 bridgehead atoms. The highest BCUT2D eigenvalue weighted by Crippen LogP contribution is 2.31. The van der Waals surface area contributed by atoms with Crippen molar-refractivity contribution in [2.45, 2.75) is 26.0 Å². The topological polar surface area (TPSA) is 73.3 Å². The van der Waals surface area contributed by atoms with Crippen LogP contribution in [-0.4, -0.2) is 78.2 Å². The zero-order valence-electron chi connectivity index (χ0n) is 14.7. The van der Waals surface area contributed by atoms with E-state index in [1.54, 1.807) is 24.0 Å². The number of fused-ring (bicyclic) bond motifs is 1. The second-order valence-electron chi connectivity index (χ2n) is 6.77. The van der Waals surface area contributed by atoms with Crippen LogP contribution in [-0.2, 0) is 9.59 Å². The summed E-state index contributed by atoms with van der Waals surface area (Å²) in [5.74, 6) is 0.367. The molecule has 136 valence electrons. The zero-order chi connectivity index (χ0) is 18.0. The molecule has 1 aromatic rings. The fourth-order valence-corrected chi connectivity index (χ4v) is 3.39. The maximum absolute atomic E-state index is 12.7. The number of carbonyl (C=O) groups excluding carboxylic acids is 2. The summed E-state index contributed by atoms with van der Waals surface area (Å²) in [4.78, 5) is 30.4. The van der Waals surface area contributed by atoms with Crippen molar-refractivity contribution < 1.29 is 19.4 Å². The van der Waals surface area contributed by atoms with Crippen LogP contribution in [0.25, 0.3) is 0 Å². The Kier molecular flexibility index (Phi) is 5.24. The van der Waals surface area contributed by atoms with E-state index in [9.17, 15) is 14.7 Å². The van der Waals surface area contributed by atoms with Crippen molar-refractivity contribution in [2.75, 3.05) is 44.2 Å². The first-order valence-corrected chi connectivity index (χ1v) is 8.68. The lowest BCUT2D eigenvalue weighted by Crippen LogP contribution is -2.57. The summed E-state index contributed by atoms with van der Waals surface area (Å²) >= 11 is 0. The van der Waals surface area contributed by atoms with Gasteiger partial charge < -0.3 is 14.7 Å². The molecule has 7 heteroatoms. The molecule has 0 aliphatic carbocycles. The third kappa shape index (κ3) is 3.93. The number of hydrogen-bond acceptors (Lipinski definition) is 5. The van der Waals surface area contributed by atoms with Crippen LogP contribution in [0.5, 0.6) is 5.75 Å². The molecule has 0 saturated carbocycles. The molecule has 0 radical (unpaired) electrons. The minimum absolute atomic E-state index is 0.0301. The molecule has 1 saturated heterocycles. The van der Waals surface area contributed by atoms with Crippen LogP contribution in [0.4, 0.5) is 5.69 Å². The molecule has 1 aromatic carbocycles. The monoisotopic (exact) mass is 347 g/mol. The molecular formula is C18H25N3O4. The molecule has 2 aliphatic heterocycles. The SMILES string of the molecule is C[C@H](O)CN1CCN(C(=O)CN2C(=O)COc3ccccc32)C[C@H]1C. The van der Waals surface area contributed by atoms with Crippen molar-refractivity contribution >= 4 is 17.5 Å². The van der Waals surface area contributed by atoms with Gasteiger partial charge in [0.15, 0.2) is 6.61 Å². The molecule has 3 rings (SSSR count). The highest BCUT2D eigenvalue weighted by atomic mass is 16.5. The third-order valence-electron chi connectivity index (χ3n) is 4.72. The second-order valence-corrected chi connectivity index (χ2v) is 6.77. The minimum Gasteiger partial charge on any atom is -0.482 e. The summed E-state index contributed by atoms with van der Waals surface area (Å²) in [6.45, 7) is 6.36. The number of ether oxygens (including phenoxy) is 1. The molecular weight excluding hydrogens is 322 g/mol. The molecule has 2 atom stereocenters. The number of hydrogen-bond donors (Lipinski definition) is 1. The van der Waals surface area contributed by atoms with Crippen LogP contribution in [0.2, 0.25) is 0 Å². The van der Waals surface area contributed by atoms with Crippen LogP contribution in [0.1, 0.15) is 13.8 Å². The summed E-state index contributed by atoms with van der Waals surface area (Å²) in [6, 6.07) is 7.45. The van der Waals surface area contributed by atoms with E-state index < -0.39 is 0 Å². The van der Waals surface area contributed by atoms with Crippen molar-refractivity contribution in [1.82, 2.24) is 9.80 Å². The number of carbonyl (C=O) groups is 2. The van der Waals surface area contributed by atoms with Crippen molar-refractivity contribution in [3.8, 4) is 5.75 Å². The van der Waals surface area contributed by atoms with E-state index >= 15 is 0 Å². The van der Waals surface area contributed by atoms with Crippen LogP contribution in [0.3, 0.4) is 0 Å². The van der Waals surface area contributed by atoms with Gasteiger partial charge in [0.25, 0.3) is 5.91 Å². The number of amides is 2. The molecule has 0 aromatic heterocycles. The molecule has 0 unspecified atom stereocenters. The van der Waals surface area contributed by atoms with E-state index in [1.165, 1.54) is 4.90 Å². The average Bonchev–Trinajstić information content (AvgIpc) is 2.58. The van der Waals surface area contributed by atoms with Crippen LogP contribution in [0, 0.1) is 0 Å². The maximum Gasteiger partial charge on any atom is 0.265 e. The van der Waals surface area contributed by atoms with Crippen LogP contribution < -0.4 is 9.64 Å². The van der Waals surface area contributed by atoms with Crippen molar-refractivity contribution in [1.29, 1.82) is 0 Å². The van der Waals surface area contributed by atoms with Crippen molar-refractivity contribution in [3.05, 3.63) is 24.3 Å². The summed E-state index contributed by atoms with van der Waals surface area (Å²) < 4.78 is 5.41. The van der Waals surface area contributed by atoms with Gasteiger partial charge >= 0.3 is 0 Å². The Morgan fingerprint density at radius 1 is 1.36 bits per heavy atom. The Labute approximate surface area is 147 Å². The van der Waals surface area contributed by atoms with Gasteiger partial charge in [0, 0.05) is 32.2 Å². The third-order valence-corrected chi connectivity index (χ3v) is 4.72. The largest absolute Gasteiger partial charge is 0.482 e. The van der Waals surface area contributed by atoms with E-state index in [0.29, 0.717) is 31.1 Å². The van der Waals surface area contributed by atoms with E-state index in [2.05, 4.69) is 11.8 Å². The van der Waals surface area contributed by atoms with Crippen LogP contribution >= 0.6 is 0 Å². The number of nitrogens with zero attached hydrogens (tertiary/aromatic N) is 3. The highest BCUT2D eigenvalue weighted by Gasteiger charge is 2.31. The number of rotatable bonds is 4. The normalized spacial score (nSPS) is 22.4. The molecule has 2 heterocycles. The lowest BCUT2D eigenvalue weighted by Gasteiger charge is -2.41. The Hall–Kier alpha value is -2.12. The molecule has 7 nitrogen and oxygen atoms in total. The zero-order valence-corrected chi connectivity index (χ0v) is 14.7. The number of piperazine rings is 1. The number of benzene rings is 1. The predicted octanol–water partition coefficient (Wildman–Crippen LogP) is 0.326. The minimum atomic E-state index is -0.382. The molecule has 1 N–H and O–H groups in total. The van der Waals surface area contributed by atoms with Gasteiger partial charge in [-0.05, 0) is 26.0 Å². The quantitative estimate of drug-likeness (QED) is 0.850. The summed E-state index contributed by atoms with van der Waals surface area (Å²) in [5, 5.41) is 9.56. The number of β-amino-alcohol motifs (C(OH)–C–C–N with tert-alkyl or cyclic N) is 1. The van der Waals surface area contributed by atoms with Gasteiger partial charge in [0.05, 0.1) is 11.8 Å². The molecule has 2 aliphatic rings. The standard InChI is InChI=1S/C18H25N3O4/c1-13-9-20(8-7-19(13)10-14(2)22)17(23)11-21-15-5-3-4-6-16(15)25-12-18(21)24/h3-6,13-14,22H,7-12H2,1-2H3/t13-,14+/m1/s1. The summed E-state index contributed by atoms with van der Waals surface area (Å²) in [6.07, 6.45) is -0.382. The molecule has 1 fully saturated rings. The van der Waals surface area contributed by atoms with Crippen molar-refractivity contribution in [3.63, 3.8) is 0 Å². The van der Waals surface area contributed by atoms with Gasteiger partial charge in [-0.1, -0.05) is 12.1 Å². The lowest BCUT2D eigenvalue weighted by atomic mass is 10.1. The van der Waals surface area contributed by atoms with E-state index in [1.807, 2.05) is 12.1 Å². The molecule has 2 amide bonds. The first-order valence-electron chi connectivity index (χ1n) is 8.68.